The van der Waals surface area contributed by atoms with Crippen molar-refractivity contribution < 1.29 is 5.11 Å². The number of para-hydroxylation sites is 1. The van der Waals surface area contributed by atoms with Crippen LogP contribution in [0.3, 0.4) is 0 Å². The van der Waals surface area contributed by atoms with Crippen LogP contribution in [0.1, 0.15) is 5.56 Å². The Kier molecular flexibility index (Phi) is 1.40. The highest BCUT2D eigenvalue weighted by molar-refractivity contribution is 5.72. The summed E-state index contributed by atoms with van der Waals surface area (Å²) in [6.07, 6.45) is 3.72. The van der Waals surface area contributed by atoms with Gasteiger partial charge in [0, 0.05) is 5.69 Å². The number of rotatable bonds is 0. The van der Waals surface area contributed by atoms with Crippen molar-refractivity contribution in [3.63, 3.8) is 0 Å². The molecule has 1 aromatic rings. The maximum Gasteiger partial charge on any atom is 0.208 e. The van der Waals surface area contributed by atoms with E-state index in [1.54, 1.807) is 6.08 Å². The number of anilines is 1. The quantitative estimate of drug-likeness (QED) is 0.586. The van der Waals surface area contributed by atoms with Crippen LogP contribution in [0.5, 0.6) is 0 Å². The first kappa shape index (κ1) is 6.43. The Morgan fingerprint density at radius 1 is 1.09 bits per heavy atom. The van der Waals surface area contributed by atoms with Crippen LogP contribution in [0, 0.1) is 6.23 Å². The molecule has 55 valence electrons. The van der Waals surface area contributed by atoms with Gasteiger partial charge in [-0.2, -0.15) is 0 Å². The molecule has 0 atom stereocenters. The number of aliphatic hydroxyl groups is 1. The fourth-order valence-electron chi connectivity index (χ4n) is 1.10. The largest absolute Gasteiger partial charge is 0.363 e. The van der Waals surface area contributed by atoms with Gasteiger partial charge in [-0.05, 0) is 17.7 Å². The summed E-state index contributed by atoms with van der Waals surface area (Å²) in [5, 5.41) is 11.9. The molecule has 1 radical (unpaired) electrons. The molecule has 1 aliphatic heterocycles. The molecule has 0 saturated carbocycles. The Labute approximate surface area is 65.2 Å². The van der Waals surface area contributed by atoms with E-state index in [1.165, 1.54) is 0 Å². The molecule has 0 aliphatic carbocycles. The highest BCUT2D eigenvalue weighted by Gasteiger charge is 2.08. The van der Waals surface area contributed by atoms with E-state index in [2.05, 4.69) is 5.32 Å². The highest BCUT2D eigenvalue weighted by atomic mass is 16.3. The van der Waals surface area contributed by atoms with Crippen LogP contribution >= 0.6 is 0 Å². The minimum absolute atomic E-state index is 0.198. The summed E-state index contributed by atoms with van der Waals surface area (Å²) in [4.78, 5) is 0. The van der Waals surface area contributed by atoms with Gasteiger partial charge in [0.05, 0.1) is 0 Å². The molecule has 0 saturated heterocycles. The van der Waals surface area contributed by atoms with Gasteiger partial charge in [-0.1, -0.05) is 24.3 Å². The number of nitrogens with one attached hydrogen (secondary N) is 1. The van der Waals surface area contributed by atoms with Crippen LogP contribution in [0.15, 0.2) is 30.3 Å². The number of aliphatic hydroxyl groups excluding tert-OH is 1. The van der Waals surface area contributed by atoms with Crippen LogP contribution in [0.4, 0.5) is 5.69 Å². The second-order valence-corrected chi connectivity index (χ2v) is 2.43. The molecule has 1 aliphatic rings. The molecule has 1 aromatic carbocycles. The van der Waals surface area contributed by atoms with E-state index in [4.69, 9.17) is 5.11 Å². The maximum absolute atomic E-state index is 9.07. The average Bonchev–Trinajstić information content (AvgIpc) is 2.04. The minimum atomic E-state index is 0.198. The van der Waals surface area contributed by atoms with Crippen LogP contribution in [0.2, 0.25) is 0 Å². The van der Waals surface area contributed by atoms with E-state index in [-0.39, 0.29) is 6.23 Å². The summed E-state index contributed by atoms with van der Waals surface area (Å²) in [7, 11) is 0. The van der Waals surface area contributed by atoms with E-state index in [0.29, 0.717) is 0 Å². The van der Waals surface area contributed by atoms with Gasteiger partial charge < -0.3 is 10.4 Å². The van der Waals surface area contributed by atoms with Crippen molar-refractivity contribution in [3.8, 4) is 0 Å². The van der Waals surface area contributed by atoms with Crippen LogP contribution in [-0.2, 0) is 0 Å². The van der Waals surface area contributed by atoms with Gasteiger partial charge in [-0.25, -0.2) is 0 Å². The number of hydrogen-bond donors (Lipinski definition) is 2. The van der Waals surface area contributed by atoms with Gasteiger partial charge in [-0.3, -0.25) is 0 Å². The number of hydrogen-bond acceptors (Lipinski definition) is 2. The Balaban J connectivity index is 2.46. The predicted molar refractivity (Wildman–Crippen MR) is 44.3 cm³/mol. The van der Waals surface area contributed by atoms with E-state index < -0.39 is 0 Å². The summed E-state index contributed by atoms with van der Waals surface area (Å²) in [5.41, 5.74) is 2.05. The highest BCUT2D eigenvalue weighted by Crippen LogP contribution is 2.23. The molecule has 0 aromatic heterocycles. The van der Waals surface area contributed by atoms with Crippen molar-refractivity contribution >= 4 is 11.8 Å². The SMILES string of the molecule is O[C]1C=Cc2ccccc2N1. The number of fused-ring (bicyclic) bond motifs is 1. The molecule has 2 nitrogen and oxygen atoms in total. The van der Waals surface area contributed by atoms with Crippen molar-refractivity contribution in [2.75, 3.05) is 5.32 Å². The number of benzene rings is 1. The van der Waals surface area contributed by atoms with Gasteiger partial charge in [0.1, 0.15) is 0 Å². The van der Waals surface area contributed by atoms with Crippen LogP contribution < -0.4 is 5.32 Å². The minimum Gasteiger partial charge on any atom is -0.363 e. The smallest absolute Gasteiger partial charge is 0.208 e. The van der Waals surface area contributed by atoms with Crippen molar-refractivity contribution in [1.29, 1.82) is 0 Å². The summed E-state index contributed by atoms with van der Waals surface area (Å²) >= 11 is 0. The van der Waals surface area contributed by atoms with Gasteiger partial charge in [0.15, 0.2) is 0 Å². The molecular formula is C9H8NO. The first-order valence-electron chi connectivity index (χ1n) is 3.46. The van der Waals surface area contributed by atoms with E-state index in [9.17, 15) is 0 Å². The third-order valence-electron chi connectivity index (χ3n) is 1.64. The monoisotopic (exact) mass is 146 g/mol. The van der Waals surface area contributed by atoms with Crippen molar-refractivity contribution in [3.05, 3.63) is 42.1 Å². The Hall–Kier alpha value is -1.28. The van der Waals surface area contributed by atoms with Crippen molar-refractivity contribution in [1.82, 2.24) is 0 Å². The summed E-state index contributed by atoms with van der Waals surface area (Å²) < 4.78 is 0. The molecule has 2 heteroatoms. The van der Waals surface area contributed by atoms with Crippen molar-refractivity contribution in [2.24, 2.45) is 0 Å². The lowest BCUT2D eigenvalue weighted by molar-refractivity contribution is 0.354. The topological polar surface area (TPSA) is 32.3 Å². The van der Waals surface area contributed by atoms with Gasteiger partial charge >= 0.3 is 0 Å². The Bertz CT molecular complexity index is 293. The Morgan fingerprint density at radius 2 is 1.91 bits per heavy atom. The molecule has 0 unspecified atom stereocenters. The van der Waals surface area contributed by atoms with Gasteiger partial charge in [-0.15, -0.1) is 0 Å². The first-order chi connectivity index (χ1) is 5.36. The first-order valence-corrected chi connectivity index (χ1v) is 3.46. The molecule has 11 heavy (non-hydrogen) atoms. The molecule has 2 N–H and O–H groups in total. The summed E-state index contributed by atoms with van der Waals surface area (Å²) in [5.74, 6) is 0. The third-order valence-corrected chi connectivity index (χ3v) is 1.64. The fourth-order valence-corrected chi connectivity index (χ4v) is 1.10. The standard InChI is InChI=1S/C9H8NO/c11-9-6-5-7-3-1-2-4-8(7)10-9/h1-6,10-11H. The van der Waals surface area contributed by atoms with Gasteiger partial charge in [0.25, 0.3) is 0 Å². The molecule has 0 bridgehead atoms. The average molecular weight is 146 g/mol. The van der Waals surface area contributed by atoms with E-state index in [0.717, 1.165) is 11.3 Å². The zero-order valence-electron chi connectivity index (χ0n) is 5.91. The van der Waals surface area contributed by atoms with Crippen molar-refractivity contribution in [2.45, 2.75) is 0 Å². The lowest BCUT2D eigenvalue weighted by Gasteiger charge is -2.15. The predicted octanol–water partition coefficient (Wildman–Crippen LogP) is 1.99. The van der Waals surface area contributed by atoms with E-state index >= 15 is 0 Å². The fraction of sp³-hybridized carbons (Fsp3) is 0. The lowest BCUT2D eigenvalue weighted by Crippen LogP contribution is -2.09. The molecule has 0 spiro atoms. The zero-order chi connectivity index (χ0) is 7.68. The molecule has 0 amide bonds. The third kappa shape index (κ3) is 1.12. The summed E-state index contributed by atoms with van der Waals surface area (Å²) in [6, 6.07) is 7.81. The zero-order valence-corrected chi connectivity index (χ0v) is 5.91. The molecular weight excluding hydrogens is 138 g/mol. The summed E-state index contributed by atoms with van der Waals surface area (Å²) in [6.45, 7) is 0. The molecule has 0 fully saturated rings. The van der Waals surface area contributed by atoms with Gasteiger partial charge in [0.2, 0.25) is 6.23 Å². The molecule has 1 heterocycles. The van der Waals surface area contributed by atoms with Crippen LogP contribution in [0.25, 0.3) is 6.08 Å². The molecule has 2 rings (SSSR count). The van der Waals surface area contributed by atoms with Crippen LogP contribution in [-0.4, -0.2) is 5.11 Å². The van der Waals surface area contributed by atoms with E-state index in [1.807, 2.05) is 30.3 Å². The Morgan fingerprint density at radius 3 is 2.82 bits per heavy atom. The normalized spacial score (nSPS) is 15.7. The second kappa shape index (κ2) is 2.40. The lowest BCUT2D eigenvalue weighted by atomic mass is 10.1. The maximum atomic E-state index is 9.07. The second-order valence-electron chi connectivity index (χ2n) is 2.43.